The van der Waals surface area contributed by atoms with Gasteiger partial charge in [-0.1, -0.05) is 17.7 Å². The van der Waals surface area contributed by atoms with Crippen molar-refractivity contribution in [3.63, 3.8) is 0 Å². The molecule has 5 heteroatoms. The van der Waals surface area contributed by atoms with Gasteiger partial charge in [0.25, 0.3) is 0 Å². The summed E-state index contributed by atoms with van der Waals surface area (Å²) >= 11 is 6.02. The molecule has 1 heterocycles. The molecule has 20 heavy (non-hydrogen) atoms. The van der Waals surface area contributed by atoms with Gasteiger partial charge in [-0.2, -0.15) is 0 Å². The van der Waals surface area contributed by atoms with Gasteiger partial charge in [-0.05, 0) is 44.4 Å². The molecule has 1 aromatic carbocycles. The molecular formula is C15H18ClNO3. The Morgan fingerprint density at radius 2 is 2.25 bits per heavy atom. The number of benzene rings is 1. The Bertz CT molecular complexity index is 530. The summed E-state index contributed by atoms with van der Waals surface area (Å²) in [5.74, 6) is -0.403. The van der Waals surface area contributed by atoms with Crippen LogP contribution in [0.25, 0.3) is 0 Å². The van der Waals surface area contributed by atoms with E-state index < -0.39 is 6.04 Å². The molecule has 0 bridgehead atoms. The number of halogens is 1. The molecule has 1 amide bonds. The van der Waals surface area contributed by atoms with Crippen molar-refractivity contribution < 1.29 is 14.3 Å². The molecule has 1 aliphatic heterocycles. The van der Waals surface area contributed by atoms with Crippen molar-refractivity contribution >= 4 is 29.2 Å². The SMILES string of the molecule is CCOC(=O)C1CCCC(=O)N1c1cc(Cl)ccc1C. The van der Waals surface area contributed by atoms with Crippen molar-refractivity contribution in [2.75, 3.05) is 11.5 Å². The molecule has 1 saturated heterocycles. The van der Waals surface area contributed by atoms with Crippen molar-refractivity contribution in [3.8, 4) is 0 Å². The van der Waals surface area contributed by atoms with E-state index in [1.807, 2.05) is 13.0 Å². The number of piperidine rings is 1. The van der Waals surface area contributed by atoms with Crippen LogP contribution in [0, 0.1) is 6.92 Å². The van der Waals surface area contributed by atoms with Gasteiger partial charge in [-0.25, -0.2) is 4.79 Å². The van der Waals surface area contributed by atoms with Gasteiger partial charge in [0.2, 0.25) is 5.91 Å². The Hall–Kier alpha value is -1.55. The maximum atomic E-state index is 12.3. The van der Waals surface area contributed by atoms with Crippen LogP contribution in [0.1, 0.15) is 31.7 Å². The Balaban J connectivity index is 2.39. The first-order valence-corrected chi connectivity index (χ1v) is 7.17. The van der Waals surface area contributed by atoms with Gasteiger partial charge < -0.3 is 4.74 Å². The molecular weight excluding hydrogens is 278 g/mol. The molecule has 4 nitrogen and oxygen atoms in total. The summed E-state index contributed by atoms with van der Waals surface area (Å²) in [5, 5.41) is 0.548. The lowest BCUT2D eigenvalue weighted by Gasteiger charge is -2.34. The minimum atomic E-state index is -0.548. The number of carbonyl (C=O) groups excluding carboxylic acids is 2. The molecule has 108 valence electrons. The normalized spacial score (nSPS) is 19.1. The van der Waals surface area contributed by atoms with Gasteiger partial charge in [0.1, 0.15) is 6.04 Å². The number of anilines is 1. The monoisotopic (exact) mass is 295 g/mol. The van der Waals surface area contributed by atoms with E-state index in [-0.39, 0.29) is 11.9 Å². The molecule has 0 aliphatic carbocycles. The predicted molar refractivity (Wildman–Crippen MR) is 77.9 cm³/mol. The van der Waals surface area contributed by atoms with Crippen LogP contribution in [0.2, 0.25) is 5.02 Å². The average Bonchev–Trinajstić information content (AvgIpc) is 2.42. The van der Waals surface area contributed by atoms with Crippen molar-refractivity contribution in [3.05, 3.63) is 28.8 Å². The molecule has 0 spiro atoms. The third-order valence-corrected chi connectivity index (χ3v) is 3.67. The number of nitrogens with zero attached hydrogens (tertiary/aromatic N) is 1. The fourth-order valence-electron chi connectivity index (χ4n) is 2.48. The summed E-state index contributed by atoms with van der Waals surface area (Å²) in [7, 11) is 0. The lowest BCUT2D eigenvalue weighted by molar-refractivity contribution is -0.146. The highest BCUT2D eigenvalue weighted by atomic mass is 35.5. The first-order chi connectivity index (χ1) is 9.54. The summed E-state index contributed by atoms with van der Waals surface area (Å²) in [6.07, 6.45) is 1.77. The second-order valence-corrected chi connectivity index (χ2v) is 5.29. The van der Waals surface area contributed by atoms with Gasteiger partial charge in [0.15, 0.2) is 0 Å². The molecule has 1 aromatic rings. The van der Waals surface area contributed by atoms with Crippen LogP contribution in [0.3, 0.4) is 0 Å². The van der Waals surface area contributed by atoms with E-state index in [0.717, 1.165) is 5.56 Å². The van der Waals surface area contributed by atoms with Gasteiger partial charge in [-0.3, -0.25) is 9.69 Å². The number of carbonyl (C=O) groups is 2. The Kier molecular flexibility index (Phi) is 4.65. The summed E-state index contributed by atoms with van der Waals surface area (Å²) in [4.78, 5) is 25.9. The first kappa shape index (κ1) is 14.9. The Labute approximate surface area is 123 Å². The third kappa shape index (κ3) is 2.96. The van der Waals surface area contributed by atoms with E-state index in [1.54, 1.807) is 24.0 Å². The molecule has 0 saturated carbocycles. The van der Waals surface area contributed by atoms with E-state index in [1.165, 1.54) is 0 Å². The van der Waals surface area contributed by atoms with E-state index in [9.17, 15) is 9.59 Å². The van der Waals surface area contributed by atoms with Crippen molar-refractivity contribution in [1.82, 2.24) is 0 Å². The lowest BCUT2D eigenvalue weighted by Crippen LogP contribution is -2.49. The number of esters is 1. The molecule has 1 aliphatic rings. The van der Waals surface area contributed by atoms with E-state index >= 15 is 0 Å². The maximum Gasteiger partial charge on any atom is 0.329 e. The zero-order valence-corrected chi connectivity index (χ0v) is 12.4. The van der Waals surface area contributed by atoms with Crippen LogP contribution < -0.4 is 4.90 Å². The molecule has 0 radical (unpaired) electrons. The van der Waals surface area contributed by atoms with Crippen LogP contribution in [-0.4, -0.2) is 24.5 Å². The van der Waals surface area contributed by atoms with Crippen LogP contribution in [-0.2, 0) is 14.3 Å². The smallest absolute Gasteiger partial charge is 0.329 e. The molecule has 1 unspecified atom stereocenters. The van der Waals surface area contributed by atoms with E-state index in [2.05, 4.69) is 0 Å². The summed E-state index contributed by atoms with van der Waals surface area (Å²) < 4.78 is 5.09. The standard InChI is InChI=1S/C15H18ClNO3/c1-3-20-15(19)12-5-4-6-14(18)17(12)13-9-11(16)8-7-10(13)2/h7-9,12H,3-6H2,1-2H3. The minimum absolute atomic E-state index is 0.0559. The van der Waals surface area contributed by atoms with Gasteiger partial charge in [0.05, 0.1) is 6.61 Å². The van der Waals surface area contributed by atoms with Crippen LogP contribution in [0.4, 0.5) is 5.69 Å². The number of aryl methyl sites for hydroxylation is 1. The first-order valence-electron chi connectivity index (χ1n) is 6.79. The second-order valence-electron chi connectivity index (χ2n) is 4.85. The Morgan fingerprint density at radius 3 is 2.95 bits per heavy atom. The maximum absolute atomic E-state index is 12.3. The topological polar surface area (TPSA) is 46.6 Å². The number of rotatable bonds is 3. The van der Waals surface area contributed by atoms with Crippen LogP contribution in [0.15, 0.2) is 18.2 Å². The number of hydrogen-bond donors (Lipinski definition) is 0. The van der Waals surface area contributed by atoms with E-state index in [4.69, 9.17) is 16.3 Å². The molecule has 2 rings (SSSR count). The quantitative estimate of drug-likeness (QED) is 0.805. The van der Waals surface area contributed by atoms with E-state index in [0.29, 0.717) is 36.6 Å². The van der Waals surface area contributed by atoms with Gasteiger partial charge in [-0.15, -0.1) is 0 Å². The number of amides is 1. The van der Waals surface area contributed by atoms with Crippen LogP contribution >= 0.6 is 11.6 Å². The average molecular weight is 296 g/mol. The highest BCUT2D eigenvalue weighted by Crippen LogP contribution is 2.31. The van der Waals surface area contributed by atoms with Gasteiger partial charge >= 0.3 is 5.97 Å². The molecule has 1 atom stereocenters. The second kappa shape index (κ2) is 6.27. The molecule has 0 aromatic heterocycles. The number of ether oxygens (including phenoxy) is 1. The van der Waals surface area contributed by atoms with Crippen molar-refractivity contribution in [2.24, 2.45) is 0 Å². The fraction of sp³-hybridized carbons (Fsp3) is 0.467. The van der Waals surface area contributed by atoms with Crippen molar-refractivity contribution in [1.29, 1.82) is 0 Å². The summed E-state index contributed by atoms with van der Waals surface area (Å²) in [6.45, 7) is 3.97. The van der Waals surface area contributed by atoms with Gasteiger partial charge in [0, 0.05) is 17.1 Å². The number of hydrogen-bond acceptors (Lipinski definition) is 3. The minimum Gasteiger partial charge on any atom is -0.464 e. The lowest BCUT2D eigenvalue weighted by atomic mass is 9.99. The highest BCUT2D eigenvalue weighted by molar-refractivity contribution is 6.31. The summed E-state index contributed by atoms with van der Waals surface area (Å²) in [5.41, 5.74) is 1.61. The summed E-state index contributed by atoms with van der Waals surface area (Å²) in [6, 6.07) is 4.80. The van der Waals surface area contributed by atoms with Crippen LogP contribution in [0.5, 0.6) is 0 Å². The fourth-order valence-corrected chi connectivity index (χ4v) is 2.64. The predicted octanol–water partition coefficient (Wildman–Crippen LogP) is 3.10. The van der Waals surface area contributed by atoms with Crippen molar-refractivity contribution in [2.45, 2.75) is 39.2 Å². The largest absolute Gasteiger partial charge is 0.464 e. The zero-order valence-electron chi connectivity index (χ0n) is 11.7. The third-order valence-electron chi connectivity index (χ3n) is 3.44. The highest BCUT2D eigenvalue weighted by Gasteiger charge is 2.36. The molecule has 0 N–H and O–H groups in total. The molecule has 1 fully saturated rings. The zero-order chi connectivity index (χ0) is 14.7. The Morgan fingerprint density at radius 1 is 1.50 bits per heavy atom.